The van der Waals surface area contributed by atoms with Crippen molar-refractivity contribution in [3.05, 3.63) is 44.5 Å². The van der Waals surface area contributed by atoms with Crippen molar-refractivity contribution in [3.63, 3.8) is 0 Å². The number of thiophene rings is 2. The van der Waals surface area contributed by atoms with Crippen LogP contribution in [0.15, 0.2) is 22.9 Å². The third-order valence-corrected chi connectivity index (χ3v) is 6.65. The molecular formula is C21H23N3O4S2. The molecule has 30 heavy (non-hydrogen) atoms. The number of hydrogen-bond acceptors (Lipinski definition) is 7. The van der Waals surface area contributed by atoms with Gasteiger partial charge in [-0.15, -0.1) is 11.3 Å². The van der Waals surface area contributed by atoms with Gasteiger partial charge in [0, 0.05) is 11.0 Å². The van der Waals surface area contributed by atoms with Crippen LogP contribution in [0, 0.1) is 17.2 Å². The standard InChI is InChI=1S/C21H23N3O4S2/c1-13(10-25)23-21(27)28-11-15-2-4-16-17(9-22)20(30-18(16)8-15)24-19(26)5-3-14-6-7-29-12-14/h3,5-7,12-13,15,25H,2,4,8,10-11H2,1H3,(H,23,27)(H,24,26)/b5-3+. The number of nitriles is 1. The summed E-state index contributed by atoms with van der Waals surface area (Å²) >= 11 is 2.97. The van der Waals surface area contributed by atoms with Gasteiger partial charge in [-0.05, 0) is 66.1 Å². The maximum absolute atomic E-state index is 12.3. The van der Waals surface area contributed by atoms with Gasteiger partial charge in [0.1, 0.15) is 11.1 Å². The van der Waals surface area contributed by atoms with Crippen LogP contribution in [0.3, 0.4) is 0 Å². The molecule has 0 fully saturated rings. The number of carbonyl (C=O) groups excluding carboxylic acids is 2. The molecule has 0 bridgehead atoms. The molecule has 2 heterocycles. The fourth-order valence-electron chi connectivity index (χ4n) is 3.18. The van der Waals surface area contributed by atoms with Crippen LogP contribution < -0.4 is 10.6 Å². The number of nitrogens with one attached hydrogen (secondary N) is 2. The van der Waals surface area contributed by atoms with Crippen molar-refractivity contribution in [2.24, 2.45) is 5.92 Å². The maximum atomic E-state index is 12.3. The van der Waals surface area contributed by atoms with Crippen LogP contribution >= 0.6 is 22.7 Å². The Kier molecular flexibility index (Phi) is 7.63. The Balaban J connectivity index is 1.60. The van der Waals surface area contributed by atoms with Crippen LogP contribution in [0.5, 0.6) is 0 Å². The molecule has 0 spiro atoms. The van der Waals surface area contributed by atoms with Gasteiger partial charge in [0.2, 0.25) is 5.91 Å². The molecule has 2 atom stereocenters. The molecule has 0 aromatic carbocycles. The molecule has 1 aliphatic carbocycles. The molecule has 0 saturated carbocycles. The number of hydrogen-bond donors (Lipinski definition) is 3. The van der Waals surface area contributed by atoms with Crippen molar-refractivity contribution in [3.8, 4) is 6.07 Å². The predicted molar refractivity (Wildman–Crippen MR) is 118 cm³/mol. The maximum Gasteiger partial charge on any atom is 0.407 e. The Morgan fingerprint density at radius 2 is 2.33 bits per heavy atom. The molecule has 3 N–H and O–H groups in total. The zero-order valence-corrected chi connectivity index (χ0v) is 18.1. The molecule has 0 aliphatic heterocycles. The van der Waals surface area contributed by atoms with Gasteiger partial charge in [0.15, 0.2) is 0 Å². The number of aliphatic hydroxyl groups excluding tert-OH is 1. The lowest BCUT2D eigenvalue weighted by molar-refractivity contribution is -0.111. The Hall–Kier alpha value is -2.67. The highest BCUT2D eigenvalue weighted by Gasteiger charge is 2.27. The third-order valence-electron chi connectivity index (χ3n) is 4.77. The first-order valence-electron chi connectivity index (χ1n) is 9.60. The van der Waals surface area contributed by atoms with Gasteiger partial charge < -0.3 is 20.5 Å². The molecular weight excluding hydrogens is 422 g/mol. The predicted octanol–water partition coefficient (Wildman–Crippen LogP) is 3.55. The fourth-order valence-corrected chi connectivity index (χ4v) is 5.12. The van der Waals surface area contributed by atoms with Gasteiger partial charge in [0.25, 0.3) is 0 Å². The van der Waals surface area contributed by atoms with Crippen LogP contribution in [0.4, 0.5) is 9.80 Å². The summed E-state index contributed by atoms with van der Waals surface area (Å²) in [5.41, 5.74) is 2.47. The smallest absolute Gasteiger partial charge is 0.407 e. The van der Waals surface area contributed by atoms with Gasteiger partial charge in [-0.25, -0.2) is 4.79 Å². The second-order valence-corrected chi connectivity index (χ2v) is 9.02. The first-order chi connectivity index (χ1) is 14.5. The van der Waals surface area contributed by atoms with E-state index in [2.05, 4.69) is 16.7 Å². The second-order valence-electron chi connectivity index (χ2n) is 7.13. The number of anilines is 1. The molecule has 0 radical (unpaired) electrons. The first kappa shape index (κ1) is 22.0. The van der Waals surface area contributed by atoms with Crippen molar-refractivity contribution in [1.82, 2.24) is 5.32 Å². The number of fused-ring (bicyclic) bond motifs is 1. The average Bonchev–Trinajstić information content (AvgIpc) is 3.37. The summed E-state index contributed by atoms with van der Waals surface area (Å²) in [5, 5.41) is 28.4. The number of aliphatic hydroxyl groups is 1. The first-order valence-corrected chi connectivity index (χ1v) is 11.4. The van der Waals surface area contributed by atoms with Crippen LogP contribution in [0.25, 0.3) is 6.08 Å². The number of ether oxygens (including phenoxy) is 1. The van der Waals surface area contributed by atoms with Crippen LogP contribution in [-0.2, 0) is 22.4 Å². The highest BCUT2D eigenvalue weighted by molar-refractivity contribution is 7.16. The van der Waals surface area contributed by atoms with E-state index in [0.717, 1.165) is 22.4 Å². The van der Waals surface area contributed by atoms with Gasteiger partial charge in [-0.1, -0.05) is 0 Å². The van der Waals surface area contributed by atoms with E-state index in [0.29, 0.717) is 23.4 Å². The number of alkyl carbamates (subject to hydrolysis) is 1. The third kappa shape index (κ3) is 5.69. The number of rotatable bonds is 7. The summed E-state index contributed by atoms with van der Waals surface area (Å²) in [7, 11) is 0. The SMILES string of the molecule is CC(CO)NC(=O)OCC1CCc2c(sc(NC(=O)/C=C/c3ccsc3)c2C#N)C1. The summed E-state index contributed by atoms with van der Waals surface area (Å²) < 4.78 is 5.26. The van der Waals surface area contributed by atoms with Crippen molar-refractivity contribution < 1.29 is 19.4 Å². The highest BCUT2D eigenvalue weighted by Crippen LogP contribution is 2.39. The molecule has 3 rings (SSSR count). The van der Waals surface area contributed by atoms with E-state index in [4.69, 9.17) is 9.84 Å². The summed E-state index contributed by atoms with van der Waals surface area (Å²) in [4.78, 5) is 25.0. The lowest BCUT2D eigenvalue weighted by Crippen LogP contribution is -2.36. The summed E-state index contributed by atoms with van der Waals surface area (Å²) in [6, 6.07) is 3.79. The van der Waals surface area contributed by atoms with Crippen LogP contribution in [0.2, 0.25) is 0 Å². The molecule has 9 heteroatoms. The molecule has 158 valence electrons. The second kappa shape index (κ2) is 10.4. The van der Waals surface area contributed by atoms with E-state index in [-0.39, 0.29) is 31.1 Å². The molecule has 1 aliphatic rings. The van der Waals surface area contributed by atoms with Crippen LogP contribution in [0.1, 0.15) is 34.9 Å². The molecule has 2 unspecified atom stereocenters. The lowest BCUT2D eigenvalue weighted by atomic mass is 9.88. The van der Waals surface area contributed by atoms with Crippen LogP contribution in [-0.4, -0.2) is 36.4 Å². The zero-order valence-electron chi connectivity index (χ0n) is 16.5. The van der Waals surface area contributed by atoms with E-state index in [9.17, 15) is 14.9 Å². The van der Waals surface area contributed by atoms with E-state index in [1.165, 1.54) is 17.4 Å². The molecule has 0 saturated heterocycles. The van der Waals surface area contributed by atoms with E-state index in [1.807, 2.05) is 16.8 Å². The molecule has 2 amide bonds. The quantitative estimate of drug-likeness (QED) is 0.565. The topological polar surface area (TPSA) is 111 Å². The summed E-state index contributed by atoms with van der Waals surface area (Å²) in [6.45, 7) is 1.81. The Labute approximate surface area is 183 Å². The Bertz CT molecular complexity index is 960. The van der Waals surface area contributed by atoms with Gasteiger partial charge in [-0.2, -0.15) is 16.6 Å². The number of amides is 2. The molecule has 2 aromatic heterocycles. The minimum Gasteiger partial charge on any atom is -0.449 e. The highest BCUT2D eigenvalue weighted by atomic mass is 32.1. The van der Waals surface area contributed by atoms with Crippen molar-refractivity contribution >= 4 is 45.8 Å². The summed E-state index contributed by atoms with van der Waals surface area (Å²) in [6.07, 6.45) is 4.85. The normalized spacial score (nSPS) is 16.5. The lowest BCUT2D eigenvalue weighted by Gasteiger charge is -2.22. The monoisotopic (exact) mass is 445 g/mol. The largest absolute Gasteiger partial charge is 0.449 e. The average molecular weight is 446 g/mol. The van der Waals surface area contributed by atoms with E-state index < -0.39 is 6.09 Å². The Morgan fingerprint density at radius 1 is 1.50 bits per heavy atom. The number of carbonyl (C=O) groups is 2. The molecule has 7 nitrogen and oxygen atoms in total. The fraction of sp³-hybridized carbons (Fsp3) is 0.381. The minimum absolute atomic E-state index is 0.148. The summed E-state index contributed by atoms with van der Waals surface area (Å²) in [5.74, 6) is -0.120. The van der Waals surface area contributed by atoms with E-state index in [1.54, 1.807) is 24.3 Å². The Morgan fingerprint density at radius 3 is 3.03 bits per heavy atom. The van der Waals surface area contributed by atoms with Gasteiger partial charge in [-0.3, -0.25) is 4.79 Å². The molecule has 2 aromatic rings. The van der Waals surface area contributed by atoms with Crippen molar-refractivity contribution in [2.45, 2.75) is 32.2 Å². The minimum atomic E-state index is -0.545. The number of nitrogens with zero attached hydrogens (tertiary/aromatic N) is 1. The van der Waals surface area contributed by atoms with Gasteiger partial charge >= 0.3 is 6.09 Å². The van der Waals surface area contributed by atoms with E-state index >= 15 is 0 Å². The van der Waals surface area contributed by atoms with Crippen molar-refractivity contribution in [1.29, 1.82) is 5.26 Å². The van der Waals surface area contributed by atoms with Crippen molar-refractivity contribution in [2.75, 3.05) is 18.5 Å². The zero-order chi connectivity index (χ0) is 21.5. The van der Waals surface area contributed by atoms with Gasteiger partial charge in [0.05, 0.1) is 24.8 Å².